The van der Waals surface area contributed by atoms with Crippen LogP contribution in [0, 0.1) is 0 Å². The van der Waals surface area contributed by atoms with Crippen molar-refractivity contribution < 1.29 is 24.2 Å². The van der Waals surface area contributed by atoms with Crippen LogP contribution in [0.15, 0.2) is 53.8 Å². The molecule has 1 aliphatic heterocycles. The normalized spacial score (nSPS) is 25.1. The van der Waals surface area contributed by atoms with Gasteiger partial charge in [0.1, 0.15) is 0 Å². The van der Waals surface area contributed by atoms with Crippen molar-refractivity contribution in [1.29, 1.82) is 0 Å². The minimum atomic E-state index is -2.15. The average molecular weight is 366 g/mol. The van der Waals surface area contributed by atoms with E-state index in [1.54, 1.807) is 6.92 Å². The molecule has 0 spiro atoms. The summed E-state index contributed by atoms with van der Waals surface area (Å²) >= 11 is 0. The van der Waals surface area contributed by atoms with Gasteiger partial charge in [-0.05, 0) is 41.7 Å². The first-order valence-electron chi connectivity index (χ1n) is 9.36. The number of benzene rings is 2. The summed E-state index contributed by atoms with van der Waals surface area (Å²) in [7, 11) is 0. The van der Waals surface area contributed by atoms with Crippen LogP contribution in [0.3, 0.4) is 0 Å². The Morgan fingerprint density at radius 2 is 2.00 bits per heavy atom. The third kappa shape index (κ3) is 3.02. The molecule has 5 heteroatoms. The molecular formula is C22H22O5. The van der Waals surface area contributed by atoms with Crippen molar-refractivity contribution in [2.75, 3.05) is 6.61 Å². The van der Waals surface area contributed by atoms with Crippen molar-refractivity contribution in [2.24, 2.45) is 0 Å². The first kappa shape index (κ1) is 17.7. The van der Waals surface area contributed by atoms with E-state index < -0.39 is 11.8 Å². The van der Waals surface area contributed by atoms with Crippen LogP contribution in [0.25, 0.3) is 10.8 Å². The fourth-order valence-electron chi connectivity index (χ4n) is 4.13. The Morgan fingerprint density at radius 3 is 2.81 bits per heavy atom. The topological polar surface area (TPSA) is 72.8 Å². The molecule has 0 fully saturated rings. The number of aliphatic hydroxyl groups is 1. The highest BCUT2D eigenvalue weighted by Crippen LogP contribution is 2.47. The highest BCUT2D eigenvalue weighted by molar-refractivity contribution is 5.97. The minimum Gasteiger partial charge on any atom is -0.461 e. The second-order valence-corrected chi connectivity index (χ2v) is 7.06. The maximum Gasteiger partial charge on any atom is 0.379 e. The molecule has 0 amide bonds. The maximum atomic E-state index is 12.5. The molecule has 1 aliphatic carbocycles. The summed E-state index contributed by atoms with van der Waals surface area (Å²) in [6.07, 6.45) is 1.86. The lowest BCUT2D eigenvalue weighted by Crippen LogP contribution is -2.48. The number of hydrogen-bond acceptors (Lipinski definition) is 5. The van der Waals surface area contributed by atoms with E-state index >= 15 is 0 Å². The zero-order valence-corrected chi connectivity index (χ0v) is 15.2. The van der Waals surface area contributed by atoms with Gasteiger partial charge in [0.05, 0.1) is 6.61 Å². The molecular weight excluding hydrogens is 344 g/mol. The molecule has 0 radical (unpaired) electrons. The van der Waals surface area contributed by atoms with E-state index in [4.69, 9.17) is 9.47 Å². The summed E-state index contributed by atoms with van der Waals surface area (Å²) in [4.78, 5) is 24.9. The molecule has 0 unspecified atom stereocenters. The third-order valence-electron chi connectivity index (χ3n) is 5.36. The van der Waals surface area contributed by atoms with Crippen LogP contribution < -0.4 is 0 Å². The molecule has 2 aromatic rings. The molecule has 27 heavy (non-hydrogen) atoms. The number of carbonyl (C=O) groups excluding carboxylic acids is 2. The summed E-state index contributed by atoms with van der Waals surface area (Å²) in [6.45, 7) is 1.80. The van der Waals surface area contributed by atoms with Gasteiger partial charge in [-0.1, -0.05) is 42.5 Å². The summed E-state index contributed by atoms with van der Waals surface area (Å²) in [5, 5.41) is 13.1. The van der Waals surface area contributed by atoms with Crippen molar-refractivity contribution in [3.8, 4) is 0 Å². The first-order chi connectivity index (χ1) is 13.0. The minimum absolute atomic E-state index is 0.0337. The Balaban J connectivity index is 1.87. The number of carbonyl (C=O) groups is 2. The van der Waals surface area contributed by atoms with Gasteiger partial charge in [-0.15, -0.1) is 0 Å². The monoisotopic (exact) mass is 366 g/mol. The Labute approximate surface area is 157 Å². The van der Waals surface area contributed by atoms with Gasteiger partial charge in [0.2, 0.25) is 0 Å². The van der Waals surface area contributed by atoms with Gasteiger partial charge in [0.25, 0.3) is 0 Å². The van der Waals surface area contributed by atoms with Crippen LogP contribution in [-0.4, -0.2) is 29.3 Å². The van der Waals surface area contributed by atoms with Crippen LogP contribution in [-0.2, 0) is 19.1 Å². The van der Waals surface area contributed by atoms with Crippen molar-refractivity contribution in [3.05, 3.63) is 59.4 Å². The van der Waals surface area contributed by atoms with Crippen molar-refractivity contribution in [2.45, 2.75) is 44.3 Å². The van der Waals surface area contributed by atoms with Gasteiger partial charge in [-0.2, -0.15) is 0 Å². The van der Waals surface area contributed by atoms with Crippen molar-refractivity contribution >= 4 is 22.5 Å². The zero-order valence-electron chi connectivity index (χ0n) is 15.2. The van der Waals surface area contributed by atoms with Crippen LogP contribution in [0.2, 0.25) is 0 Å². The summed E-state index contributed by atoms with van der Waals surface area (Å²) in [5.41, 5.74) is 1.86. The van der Waals surface area contributed by atoms with Crippen molar-refractivity contribution in [1.82, 2.24) is 0 Å². The predicted octanol–water partition coefficient (Wildman–Crippen LogP) is 3.60. The Morgan fingerprint density at radius 1 is 1.22 bits per heavy atom. The number of ether oxygens (including phenoxy) is 2. The Kier molecular flexibility index (Phi) is 4.48. The molecule has 4 rings (SSSR count). The molecule has 0 aromatic heterocycles. The number of ketones is 1. The van der Waals surface area contributed by atoms with E-state index in [9.17, 15) is 14.7 Å². The molecule has 1 N–H and O–H groups in total. The lowest BCUT2D eigenvalue weighted by Gasteiger charge is -2.39. The van der Waals surface area contributed by atoms with Gasteiger partial charge < -0.3 is 14.6 Å². The largest absolute Gasteiger partial charge is 0.461 e. The fraction of sp³-hybridized carbons (Fsp3) is 0.364. The van der Waals surface area contributed by atoms with Crippen LogP contribution in [0.1, 0.15) is 44.1 Å². The Bertz CT molecular complexity index is 939. The van der Waals surface area contributed by atoms with E-state index in [1.165, 1.54) is 0 Å². The molecule has 2 aliphatic rings. The Hall–Kier alpha value is -2.66. The van der Waals surface area contributed by atoms with Crippen LogP contribution >= 0.6 is 0 Å². The highest BCUT2D eigenvalue weighted by Gasteiger charge is 2.50. The van der Waals surface area contributed by atoms with Gasteiger partial charge in [0.15, 0.2) is 11.5 Å². The highest BCUT2D eigenvalue weighted by atomic mass is 16.7. The lowest BCUT2D eigenvalue weighted by molar-refractivity contribution is -0.223. The standard InChI is InChI=1S/C22H22O5/c1-2-26-21(24)22(25)13-18(17-11-6-12-19(23)20(17)27-22)16-10-5-8-14-7-3-4-9-15(14)16/h3-5,7-10,18,25H,2,6,11-13H2,1H3/t18-,22+/m0/s1. The van der Waals surface area contributed by atoms with E-state index in [0.29, 0.717) is 12.8 Å². The van der Waals surface area contributed by atoms with E-state index in [-0.39, 0.29) is 30.5 Å². The van der Waals surface area contributed by atoms with Gasteiger partial charge >= 0.3 is 11.8 Å². The van der Waals surface area contributed by atoms with Gasteiger partial charge in [-0.25, -0.2) is 4.79 Å². The molecule has 140 valence electrons. The summed E-state index contributed by atoms with van der Waals surface area (Å²) in [6, 6.07) is 14.0. The number of hydrogen-bond donors (Lipinski definition) is 1. The second kappa shape index (κ2) is 6.82. The average Bonchev–Trinajstić information content (AvgIpc) is 2.68. The van der Waals surface area contributed by atoms with E-state index in [1.807, 2.05) is 42.5 Å². The van der Waals surface area contributed by atoms with Gasteiger partial charge in [-0.3, -0.25) is 4.79 Å². The number of Topliss-reactive ketones (excluding diaryl/α,β-unsaturated/α-hetero) is 1. The number of rotatable bonds is 3. The number of esters is 1. The molecule has 1 heterocycles. The SMILES string of the molecule is CCOC(=O)[C@@]1(O)C[C@@H](c2cccc3ccccc23)C2=C(O1)C(=O)CCC2. The maximum absolute atomic E-state index is 12.5. The van der Waals surface area contributed by atoms with E-state index in [0.717, 1.165) is 28.3 Å². The molecule has 2 aromatic carbocycles. The smallest absolute Gasteiger partial charge is 0.379 e. The lowest BCUT2D eigenvalue weighted by atomic mass is 9.76. The second-order valence-electron chi connectivity index (χ2n) is 7.06. The molecule has 5 nitrogen and oxygen atoms in total. The number of allylic oxidation sites excluding steroid dienone is 2. The van der Waals surface area contributed by atoms with Crippen LogP contribution in [0.5, 0.6) is 0 Å². The third-order valence-corrected chi connectivity index (χ3v) is 5.36. The van der Waals surface area contributed by atoms with Crippen molar-refractivity contribution in [3.63, 3.8) is 0 Å². The van der Waals surface area contributed by atoms with E-state index in [2.05, 4.69) is 0 Å². The molecule has 0 saturated heterocycles. The molecule has 0 saturated carbocycles. The number of fused-ring (bicyclic) bond motifs is 1. The summed E-state index contributed by atoms with van der Waals surface area (Å²) < 4.78 is 10.6. The first-order valence-corrected chi connectivity index (χ1v) is 9.36. The quantitative estimate of drug-likeness (QED) is 0.840. The van der Waals surface area contributed by atoms with Gasteiger partial charge in [0, 0.05) is 18.8 Å². The fourth-order valence-corrected chi connectivity index (χ4v) is 4.13. The molecule has 0 bridgehead atoms. The predicted molar refractivity (Wildman–Crippen MR) is 99.9 cm³/mol. The zero-order chi connectivity index (χ0) is 19.0. The molecule has 2 atom stereocenters. The van der Waals surface area contributed by atoms with Crippen LogP contribution in [0.4, 0.5) is 0 Å². The summed E-state index contributed by atoms with van der Waals surface area (Å²) in [5.74, 6) is -3.30.